The molecule has 2 nitrogen and oxygen atoms in total. The Bertz CT molecular complexity index is 407. The first-order valence-corrected chi connectivity index (χ1v) is 6.80. The van der Waals surface area contributed by atoms with Crippen LogP contribution >= 0.6 is 0 Å². The number of nitrogens with one attached hydrogen (secondary N) is 1. The number of hydrogen-bond acceptors (Lipinski definition) is 2. The van der Waals surface area contributed by atoms with E-state index in [0.717, 1.165) is 24.6 Å². The van der Waals surface area contributed by atoms with Gasteiger partial charge in [-0.1, -0.05) is 19.1 Å². The number of hydrogen-bond donors (Lipinski definition) is 1. The Morgan fingerprint density at radius 2 is 2.24 bits per heavy atom. The highest BCUT2D eigenvalue weighted by Crippen LogP contribution is 2.47. The van der Waals surface area contributed by atoms with E-state index in [-0.39, 0.29) is 0 Å². The second-order valence-corrected chi connectivity index (χ2v) is 5.49. The molecule has 0 bridgehead atoms. The van der Waals surface area contributed by atoms with Gasteiger partial charge >= 0.3 is 0 Å². The summed E-state index contributed by atoms with van der Waals surface area (Å²) in [5.41, 5.74) is 0. The van der Waals surface area contributed by atoms with Crippen molar-refractivity contribution in [2.24, 2.45) is 5.92 Å². The monoisotopic (exact) mass is 231 g/mol. The zero-order valence-corrected chi connectivity index (χ0v) is 10.5. The first-order chi connectivity index (χ1) is 8.33. The van der Waals surface area contributed by atoms with Crippen LogP contribution in [-0.2, 0) is 6.54 Å². The molecule has 17 heavy (non-hydrogen) atoms. The molecule has 1 fully saturated rings. The summed E-state index contributed by atoms with van der Waals surface area (Å²) < 4.78 is 5.89. The average molecular weight is 231 g/mol. The van der Waals surface area contributed by atoms with E-state index in [9.17, 15) is 0 Å². The quantitative estimate of drug-likeness (QED) is 0.801. The molecule has 2 heteroatoms. The van der Waals surface area contributed by atoms with Crippen LogP contribution in [0.2, 0.25) is 0 Å². The van der Waals surface area contributed by atoms with Crippen LogP contribution < -0.4 is 5.32 Å². The van der Waals surface area contributed by atoms with E-state index in [4.69, 9.17) is 4.42 Å². The molecule has 2 aliphatic rings. The van der Waals surface area contributed by atoms with Crippen LogP contribution in [0, 0.1) is 5.92 Å². The number of furan rings is 1. The lowest BCUT2D eigenvalue weighted by atomic mass is 10.0. The van der Waals surface area contributed by atoms with Gasteiger partial charge in [-0.2, -0.15) is 0 Å². The van der Waals surface area contributed by atoms with Gasteiger partial charge in [0, 0.05) is 12.0 Å². The molecule has 0 aromatic carbocycles. The zero-order valence-electron chi connectivity index (χ0n) is 10.5. The fourth-order valence-electron chi connectivity index (χ4n) is 2.63. The van der Waals surface area contributed by atoms with Crippen LogP contribution in [0.25, 0.3) is 0 Å². The summed E-state index contributed by atoms with van der Waals surface area (Å²) in [5, 5.41) is 3.58. The molecule has 0 saturated heterocycles. The lowest BCUT2D eigenvalue weighted by Gasteiger charge is -2.18. The third-order valence-electron chi connectivity index (χ3n) is 3.99. The fraction of sp³-hybridized carbons (Fsp3) is 0.600. The van der Waals surface area contributed by atoms with Gasteiger partial charge in [0.1, 0.15) is 11.5 Å². The van der Waals surface area contributed by atoms with E-state index >= 15 is 0 Å². The highest BCUT2D eigenvalue weighted by Gasteiger charge is 2.36. The topological polar surface area (TPSA) is 25.2 Å². The Labute approximate surface area is 103 Å². The van der Waals surface area contributed by atoms with Crippen molar-refractivity contribution in [1.29, 1.82) is 0 Å². The second-order valence-electron chi connectivity index (χ2n) is 5.49. The van der Waals surface area contributed by atoms with Gasteiger partial charge in [-0.25, -0.2) is 0 Å². The van der Waals surface area contributed by atoms with Gasteiger partial charge < -0.3 is 9.73 Å². The Balaban J connectivity index is 1.51. The molecule has 3 atom stereocenters. The summed E-state index contributed by atoms with van der Waals surface area (Å²) in [6.45, 7) is 3.17. The molecule has 1 saturated carbocycles. The van der Waals surface area contributed by atoms with Crippen molar-refractivity contribution in [2.45, 2.75) is 51.1 Å². The molecule has 92 valence electrons. The molecule has 2 aliphatic carbocycles. The summed E-state index contributed by atoms with van der Waals surface area (Å²) >= 11 is 0. The molecule has 0 radical (unpaired) electrons. The summed E-state index contributed by atoms with van der Waals surface area (Å²) in [7, 11) is 0. The standard InChI is InChI=1S/C15H21NO/c1-11-9-14(11)15-8-7-13(17-15)10-16-12-5-3-2-4-6-12/h2-3,7-8,11-12,14,16H,4-6,9-10H2,1H3. The molecular formula is C15H21NO. The summed E-state index contributed by atoms with van der Waals surface area (Å²) in [6.07, 6.45) is 9.48. The van der Waals surface area contributed by atoms with E-state index in [2.05, 4.69) is 36.5 Å². The number of allylic oxidation sites excluding steroid dienone is 1. The van der Waals surface area contributed by atoms with Crippen molar-refractivity contribution >= 4 is 0 Å². The first-order valence-electron chi connectivity index (χ1n) is 6.80. The van der Waals surface area contributed by atoms with E-state index < -0.39 is 0 Å². The molecule has 3 unspecified atom stereocenters. The minimum Gasteiger partial charge on any atom is -0.464 e. The molecule has 1 heterocycles. The van der Waals surface area contributed by atoms with Crippen molar-refractivity contribution in [3.05, 3.63) is 35.8 Å². The van der Waals surface area contributed by atoms with Crippen LogP contribution in [0.1, 0.15) is 50.0 Å². The van der Waals surface area contributed by atoms with Gasteiger partial charge in [-0.05, 0) is 43.7 Å². The highest BCUT2D eigenvalue weighted by molar-refractivity contribution is 5.17. The predicted octanol–water partition coefficient (Wildman–Crippen LogP) is 3.60. The Hall–Kier alpha value is -1.02. The molecule has 0 spiro atoms. The molecule has 1 N–H and O–H groups in total. The third-order valence-corrected chi connectivity index (χ3v) is 3.99. The van der Waals surface area contributed by atoms with Gasteiger partial charge in [-0.3, -0.25) is 0 Å². The van der Waals surface area contributed by atoms with Gasteiger partial charge in [-0.15, -0.1) is 0 Å². The van der Waals surface area contributed by atoms with Gasteiger partial charge in [0.2, 0.25) is 0 Å². The van der Waals surface area contributed by atoms with Gasteiger partial charge in [0.25, 0.3) is 0 Å². The van der Waals surface area contributed by atoms with E-state index in [1.807, 2.05) is 0 Å². The van der Waals surface area contributed by atoms with Crippen molar-refractivity contribution in [3.8, 4) is 0 Å². The largest absolute Gasteiger partial charge is 0.464 e. The van der Waals surface area contributed by atoms with Crippen LogP contribution in [-0.4, -0.2) is 6.04 Å². The predicted molar refractivity (Wildman–Crippen MR) is 68.8 cm³/mol. The summed E-state index contributed by atoms with van der Waals surface area (Å²) in [4.78, 5) is 0. The summed E-state index contributed by atoms with van der Waals surface area (Å²) in [6, 6.07) is 4.92. The average Bonchev–Trinajstić information content (AvgIpc) is 2.92. The van der Waals surface area contributed by atoms with Gasteiger partial charge in [0.05, 0.1) is 6.54 Å². The maximum atomic E-state index is 5.89. The van der Waals surface area contributed by atoms with Crippen LogP contribution in [0.5, 0.6) is 0 Å². The van der Waals surface area contributed by atoms with Crippen molar-refractivity contribution in [2.75, 3.05) is 0 Å². The Morgan fingerprint density at radius 1 is 1.35 bits per heavy atom. The van der Waals surface area contributed by atoms with Crippen LogP contribution in [0.3, 0.4) is 0 Å². The molecule has 1 aromatic heterocycles. The van der Waals surface area contributed by atoms with Crippen molar-refractivity contribution < 1.29 is 4.42 Å². The molecule has 0 aliphatic heterocycles. The minimum atomic E-state index is 0.633. The molecular weight excluding hydrogens is 210 g/mol. The molecule has 3 rings (SSSR count). The summed E-state index contributed by atoms with van der Waals surface area (Å²) in [5.74, 6) is 3.80. The third kappa shape index (κ3) is 2.63. The van der Waals surface area contributed by atoms with Crippen molar-refractivity contribution in [3.63, 3.8) is 0 Å². The fourth-order valence-corrected chi connectivity index (χ4v) is 2.63. The van der Waals surface area contributed by atoms with Crippen LogP contribution in [0.15, 0.2) is 28.7 Å². The van der Waals surface area contributed by atoms with Crippen molar-refractivity contribution in [1.82, 2.24) is 5.32 Å². The smallest absolute Gasteiger partial charge is 0.117 e. The highest BCUT2D eigenvalue weighted by atomic mass is 16.3. The molecule has 0 amide bonds. The van der Waals surface area contributed by atoms with E-state index in [0.29, 0.717) is 12.0 Å². The van der Waals surface area contributed by atoms with E-state index in [1.165, 1.54) is 25.0 Å². The zero-order chi connectivity index (χ0) is 11.7. The second kappa shape index (κ2) is 4.69. The van der Waals surface area contributed by atoms with Gasteiger partial charge in [0.15, 0.2) is 0 Å². The first kappa shape index (κ1) is 11.1. The Kier molecular flexibility index (Phi) is 3.06. The number of rotatable bonds is 4. The minimum absolute atomic E-state index is 0.633. The lowest BCUT2D eigenvalue weighted by molar-refractivity contribution is 0.407. The maximum Gasteiger partial charge on any atom is 0.117 e. The molecule has 1 aromatic rings. The van der Waals surface area contributed by atoms with E-state index in [1.54, 1.807) is 0 Å². The maximum absolute atomic E-state index is 5.89. The SMILES string of the molecule is CC1CC1c1ccc(CNC2CC=CCC2)o1. The Morgan fingerprint density at radius 3 is 2.94 bits per heavy atom. The lowest BCUT2D eigenvalue weighted by Crippen LogP contribution is -2.28. The van der Waals surface area contributed by atoms with Crippen LogP contribution in [0.4, 0.5) is 0 Å². The normalized spacial score (nSPS) is 31.7.